The largest absolute Gasteiger partial charge is 0.427 e. The van der Waals surface area contributed by atoms with Crippen molar-refractivity contribution in [3.8, 4) is 5.75 Å². The Kier molecular flexibility index (Phi) is 4.85. The summed E-state index contributed by atoms with van der Waals surface area (Å²) in [6.45, 7) is 3.17. The van der Waals surface area contributed by atoms with E-state index >= 15 is 0 Å². The number of aryl methyl sites for hydroxylation is 1. The predicted octanol–water partition coefficient (Wildman–Crippen LogP) is 2.59. The number of hydrogen-bond acceptors (Lipinski definition) is 5. The molecule has 136 valence electrons. The monoisotopic (exact) mass is 364 g/mol. The van der Waals surface area contributed by atoms with Gasteiger partial charge in [0.2, 0.25) is 0 Å². The Labute approximate surface area is 155 Å². The summed E-state index contributed by atoms with van der Waals surface area (Å²) in [6.07, 6.45) is 1.38. The number of carbonyl (C=O) groups is 4. The lowest BCUT2D eigenvalue weighted by atomic mass is 10.1. The molecule has 0 saturated carbocycles. The van der Waals surface area contributed by atoms with Crippen LogP contribution in [-0.2, 0) is 14.4 Å². The molecule has 7 heteroatoms. The van der Waals surface area contributed by atoms with Crippen molar-refractivity contribution in [2.75, 3.05) is 4.90 Å². The molecule has 2 aromatic carbocycles. The first-order valence-corrected chi connectivity index (χ1v) is 8.12. The molecule has 4 amide bonds. The SMILES string of the molecule is CC(=O)Oc1ccc(C=C2C(=O)NC(=O)N(c3ccc(C)cc3)C2=O)cc1. The Bertz CT molecular complexity index is 959. The molecule has 1 aliphatic heterocycles. The molecule has 1 heterocycles. The van der Waals surface area contributed by atoms with Crippen molar-refractivity contribution in [3.63, 3.8) is 0 Å². The highest BCUT2D eigenvalue weighted by Crippen LogP contribution is 2.23. The Hall–Kier alpha value is -3.74. The van der Waals surface area contributed by atoms with Crippen molar-refractivity contribution >= 4 is 35.6 Å². The summed E-state index contributed by atoms with van der Waals surface area (Å²) in [5, 5.41) is 2.17. The fraction of sp³-hybridized carbons (Fsp3) is 0.100. The normalized spacial score (nSPS) is 15.7. The van der Waals surface area contributed by atoms with Crippen LogP contribution in [0.25, 0.3) is 6.08 Å². The summed E-state index contributed by atoms with van der Waals surface area (Å²) < 4.78 is 4.94. The lowest BCUT2D eigenvalue weighted by Gasteiger charge is -2.26. The van der Waals surface area contributed by atoms with Gasteiger partial charge in [-0.1, -0.05) is 29.8 Å². The highest BCUT2D eigenvalue weighted by atomic mass is 16.5. The van der Waals surface area contributed by atoms with Gasteiger partial charge < -0.3 is 4.74 Å². The average molecular weight is 364 g/mol. The third kappa shape index (κ3) is 3.92. The zero-order valence-corrected chi connectivity index (χ0v) is 14.7. The van der Waals surface area contributed by atoms with Crippen LogP contribution in [0.5, 0.6) is 5.75 Å². The first-order valence-electron chi connectivity index (χ1n) is 8.12. The molecule has 1 fully saturated rings. The molecule has 1 saturated heterocycles. The number of ether oxygens (including phenoxy) is 1. The Balaban J connectivity index is 1.91. The van der Waals surface area contributed by atoms with Gasteiger partial charge in [-0.25, -0.2) is 9.69 Å². The fourth-order valence-corrected chi connectivity index (χ4v) is 2.55. The lowest BCUT2D eigenvalue weighted by Crippen LogP contribution is -2.54. The maximum Gasteiger partial charge on any atom is 0.335 e. The summed E-state index contributed by atoms with van der Waals surface area (Å²) in [4.78, 5) is 48.9. The standard InChI is InChI=1S/C20H16N2O5/c1-12-3-7-15(8-4-12)22-19(25)17(18(24)21-20(22)26)11-14-5-9-16(10-6-14)27-13(2)23/h3-11H,1-2H3,(H,21,24,26). The number of esters is 1. The second-order valence-electron chi connectivity index (χ2n) is 5.96. The quantitative estimate of drug-likeness (QED) is 0.391. The lowest BCUT2D eigenvalue weighted by molar-refractivity contribution is -0.132. The van der Waals surface area contributed by atoms with Gasteiger partial charge in [0.25, 0.3) is 11.8 Å². The summed E-state index contributed by atoms with van der Waals surface area (Å²) in [7, 11) is 0. The van der Waals surface area contributed by atoms with E-state index in [0.29, 0.717) is 17.0 Å². The molecular weight excluding hydrogens is 348 g/mol. The number of nitrogens with one attached hydrogen (secondary N) is 1. The van der Waals surface area contributed by atoms with Crippen LogP contribution in [0.1, 0.15) is 18.1 Å². The maximum absolute atomic E-state index is 12.8. The molecule has 1 aliphatic rings. The van der Waals surface area contributed by atoms with E-state index < -0.39 is 23.8 Å². The first-order chi connectivity index (χ1) is 12.8. The highest BCUT2D eigenvalue weighted by Gasteiger charge is 2.36. The number of urea groups is 1. The van der Waals surface area contributed by atoms with Crippen molar-refractivity contribution in [2.45, 2.75) is 13.8 Å². The molecule has 0 bridgehead atoms. The smallest absolute Gasteiger partial charge is 0.335 e. The van der Waals surface area contributed by atoms with Crippen molar-refractivity contribution in [1.82, 2.24) is 5.32 Å². The topological polar surface area (TPSA) is 92.8 Å². The number of carbonyl (C=O) groups excluding carboxylic acids is 4. The minimum Gasteiger partial charge on any atom is -0.427 e. The van der Waals surface area contributed by atoms with Crippen LogP contribution in [0.15, 0.2) is 54.1 Å². The maximum atomic E-state index is 12.8. The van der Waals surface area contributed by atoms with Crippen LogP contribution in [0, 0.1) is 6.92 Å². The van der Waals surface area contributed by atoms with Gasteiger partial charge in [-0.3, -0.25) is 19.7 Å². The van der Waals surface area contributed by atoms with Gasteiger partial charge in [-0.05, 0) is 42.8 Å². The molecular formula is C20H16N2O5. The number of anilines is 1. The van der Waals surface area contributed by atoms with Gasteiger partial charge in [0.05, 0.1) is 5.69 Å². The van der Waals surface area contributed by atoms with Crippen molar-refractivity contribution < 1.29 is 23.9 Å². The van der Waals surface area contributed by atoms with Gasteiger partial charge in [-0.15, -0.1) is 0 Å². The van der Waals surface area contributed by atoms with Crippen LogP contribution in [0.4, 0.5) is 10.5 Å². The van der Waals surface area contributed by atoms with Crippen LogP contribution in [0.3, 0.4) is 0 Å². The molecule has 1 N–H and O–H groups in total. The summed E-state index contributed by atoms with van der Waals surface area (Å²) in [5.74, 6) is -1.58. The Morgan fingerprint density at radius 3 is 2.22 bits per heavy atom. The molecule has 7 nitrogen and oxygen atoms in total. The Morgan fingerprint density at radius 2 is 1.63 bits per heavy atom. The molecule has 0 radical (unpaired) electrons. The minimum absolute atomic E-state index is 0.171. The fourth-order valence-electron chi connectivity index (χ4n) is 2.55. The van der Waals surface area contributed by atoms with E-state index in [-0.39, 0.29) is 5.57 Å². The van der Waals surface area contributed by atoms with Crippen molar-refractivity contribution in [1.29, 1.82) is 0 Å². The van der Waals surface area contributed by atoms with E-state index in [0.717, 1.165) is 10.5 Å². The number of imide groups is 2. The minimum atomic E-state index is -0.795. The van der Waals surface area contributed by atoms with Gasteiger partial charge in [0.15, 0.2) is 0 Å². The molecule has 2 aromatic rings. The van der Waals surface area contributed by atoms with E-state index in [1.807, 2.05) is 6.92 Å². The summed E-state index contributed by atoms with van der Waals surface area (Å²) in [6, 6.07) is 12.3. The van der Waals surface area contributed by atoms with Crippen LogP contribution in [0.2, 0.25) is 0 Å². The number of barbiturate groups is 1. The zero-order chi connectivity index (χ0) is 19.6. The molecule has 0 unspecified atom stereocenters. The molecule has 27 heavy (non-hydrogen) atoms. The number of amides is 4. The first kappa shape index (κ1) is 18.1. The zero-order valence-electron chi connectivity index (χ0n) is 14.7. The molecule has 3 rings (SSSR count). The van der Waals surface area contributed by atoms with E-state index in [4.69, 9.17) is 4.74 Å². The molecule has 0 spiro atoms. The van der Waals surface area contributed by atoms with Crippen LogP contribution in [-0.4, -0.2) is 23.8 Å². The third-order valence-electron chi connectivity index (χ3n) is 3.85. The Morgan fingerprint density at radius 1 is 1.00 bits per heavy atom. The average Bonchev–Trinajstić information content (AvgIpc) is 2.61. The van der Waals surface area contributed by atoms with Gasteiger partial charge in [0, 0.05) is 6.92 Å². The second-order valence-corrected chi connectivity index (χ2v) is 5.96. The number of hydrogen-bond donors (Lipinski definition) is 1. The number of rotatable bonds is 3. The number of nitrogens with zero attached hydrogens (tertiary/aromatic N) is 1. The highest BCUT2D eigenvalue weighted by molar-refractivity contribution is 6.39. The van der Waals surface area contributed by atoms with E-state index in [9.17, 15) is 19.2 Å². The second kappa shape index (κ2) is 7.25. The van der Waals surface area contributed by atoms with Crippen LogP contribution < -0.4 is 15.0 Å². The van der Waals surface area contributed by atoms with Crippen LogP contribution >= 0.6 is 0 Å². The van der Waals surface area contributed by atoms with Crippen molar-refractivity contribution in [2.24, 2.45) is 0 Å². The van der Waals surface area contributed by atoms with Gasteiger partial charge in [0.1, 0.15) is 11.3 Å². The van der Waals surface area contributed by atoms with Gasteiger partial charge >= 0.3 is 12.0 Å². The molecule has 0 atom stereocenters. The van der Waals surface area contributed by atoms with Gasteiger partial charge in [-0.2, -0.15) is 0 Å². The predicted molar refractivity (Wildman–Crippen MR) is 97.9 cm³/mol. The molecule has 0 aromatic heterocycles. The van der Waals surface area contributed by atoms with E-state index in [2.05, 4.69) is 5.32 Å². The summed E-state index contributed by atoms with van der Waals surface area (Å²) in [5.41, 5.74) is 1.72. The van der Waals surface area contributed by atoms with E-state index in [1.165, 1.54) is 13.0 Å². The van der Waals surface area contributed by atoms with E-state index in [1.54, 1.807) is 48.5 Å². The molecule has 0 aliphatic carbocycles. The third-order valence-corrected chi connectivity index (χ3v) is 3.85. The number of benzene rings is 2. The van der Waals surface area contributed by atoms with Crippen molar-refractivity contribution in [3.05, 3.63) is 65.2 Å². The summed E-state index contributed by atoms with van der Waals surface area (Å²) >= 11 is 0.